The van der Waals surface area contributed by atoms with Crippen LogP contribution in [0.2, 0.25) is 5.02 Å². The highest BCUT2D eigenvalue weighted by Crippen LogP contribution is 2.56. The summed E-state index contributed by atoms with van der Waals surface area (Å²) in [4.78, 5) is 51.1. The number of benzene rings is 1. The van der Waals surface area contributed by atoms with Crippen molar-refractivity contribution in [3.8, 4) is 0 Å². The number of nitrogens with one attached hydrogen (secondary N) is 1. The minimum atomic E-state index is -1.04. The lowest BCUT2D eigenvalue weighted by atomic mass is 9.81. The molecule has 0 aromatic heterocycles. The van der Waals surface area contributed by atoms with Gasteiger partial charge in [-0.3, -0.25) is 19.3 Å². The SMILES string of the molecule is Cc1ccc(NC(=O)COC(=O)[C@H](C)N2C(=O)[C@@H]3[C@@H]4CC[C@H](C4)[C@@H]3C2=O)cc1Cl. The number of anilines is 1. The average molecular weight is 419 g/mol. The number of esters is 1. The molecule has 1 N–H and O–H groups in total. The molecule has 0 radical (unpaired) electrons. The Hall–Kier alpha value is -2.41. The quantitative estimate of drug-likeness (QED) is 0.586. The molecule has 1 aliphatic heterocycles. The Morgan fingerprint density at radius 3 is 2.41 bits per heavy atom. The van der Waals surface area contributed by atoms with Crippen molar-refractivity contribution in [2.75, 3.05) is 11.9 Å². The van der Waals surface area contributed by atoms with Crippen LogP contribution in [0.4, 0.5) is 5.69 Å². The van der Waals surface area contributed by atoms with Crippen molar-refractivity contribution in [2.24, 2.45) is 23.7 Å². The summed E-state index contributed by atoms with van der Waals surface area (Å²) >= 11 is 6.03. The summed E-state index contributed by atoms with van der Waals surface area (Å²) in [5.74, 6) is -1.90. The van der Waals surface area contributed by atoms with E-state index in [2.05, 4.69) is 5.32 Å². The maximum Gasteiger partial charge on any atom is 0.329 e. The van der Waals surface area contributed by atoms with Crippen LogP contribution in [0.25, 0.3) is 0 Å². The molecular weight excluding hydrogens is 396 g/mol. The number of hydrogen-bond acceptors (Lipinski definition) is 5. The van der Waals surface area contributed by atoms with E-state index in [1.165, 1.54) is 6.92 Å². The number of nitrogens with zero attached hydrogens (tertiary/aromatic N) is 1. The normalized spacial score (nSPS) is 28.4. The molecule has 2 saturated carbocycles. The molecule has 3 amide bonds. The third-order valence-electron chi connectivity index (χ3n) is 6.49. The highest BCUT2D eigenvalue weighted by molar-refractivity contribution is 6.31. The molecule has 0 spiro atoms. The molecule has 2 bridgehead atoms. The highest BCUT2D eigenvalue weighted by atomic mass is 35.5. The zero-order valence-electron chi connectivity index (χ0n) is 16.3. The number of hydrogen-bond donors (Lipinski definition) is 1. The van der Waals surface area contributed by atoms with Crippen LogP contribution >= 0.6 is 11.6 Å². The molecule has 1 aromatic carbocycles. The monoisotopic (exact) mass is 418 g/mol. The van der Waals surface area contributed by atoms with Gasteiger partial charge in [-0.05, 0) is 62.6 Å². The van der Waals surface area contributed by atoms with Gasteiger partial charge in [-0.2, -0.15) is 0 Å². The predicted molar refractivity (Wildman–Crippen MR) is 105 cm³/mol. The lowest BCUT2D eigenvalue weighted by molar-refractivity contribution is -0.159. The Morgan fingerprint density at radius 1 is 1.21 bits per heavy atom. The van der Waals surface area contributed by atoms with Gasteiger partial charge < -0.3 is 10.1 Å². The van der Waals surface area contributed by atoms with Gasteiger partial charge in [0.1, 0.15) is 6.04 Å². The largest absolute Gasteiger partial charge is 0.454 e. The summed E-state index contributed by atoms with van der Waals surface area (Å²) in [7, 11) is 0. The minimum Gasteiger partial charge on any atom is -0.454 e. The van der Waals surface area contributed by atoms with E-state index in [1.807, 2.05) is 6.92 Å². The molecule has 29 heavy (non-hydrogen) atoms. The van der Waals surface area contributed by atoms with Gasteiger partial charge in [0.25, 0.3) is 5.91 Å². The molecule has 2 aliphatic carbocycles. The summed E-state index contributed by atoms with van der Waals surface area (Å²) in [6.07, 6.45) is 2.88. The Balaban J connectivity index is 1.34. The van der Waals surface area contributed by atoms with Crippen molar-refractivity contribution in [3.63, 3.8) is 0 Å². The van der Waals surface area contributed by atoms with E-state index in [4.69, 9.17) is 16.3 Å². The number of imide groups is 1. The van der Waals surface area contributed by atoms with E-state index in [-0.39, 0.29) is 35.5 Å². The third kappa shape index (κ3) is 3.41. The molecule has 3 aliphatic rings. The molecule has 154 valence electrons. The molecule has 1 saturated heterocycles. The smallest absolute Gasteiger partial charge is 0.329 e. The summed E-state index contributed by atoms with van der Waals surface area (Å²) < 4.78 is 5.06. The van der Waals surface area contributed by atoms with Crippen molar-refractivity contribution in [2.45, 2.75) is 39.2 Å². The van der Waals surface area contributed by atoms with E-state index in [0.717, 1.165) is 29.7 Å². The lowest BCUT2D eigenvalue weighted by Crippen LogP contribution is -2.45. The number of aryl methyl sites for hydroxylation is 1. The summed E-state index contributed by atoms with van der Waals surface area (Å²) in [6.45, 7) is 2.80. The van der Waals surface area contributed by atoms with Crippen LogP contribution < -0.4 is 5.32 Å². The maximum atomic E-state index is 12.8. The van der Waals surface area contributed by atoms with Crippen LogP contribution in [0.15, 0.2) is 18.2 Å². The first kappa shape index (κ1) is 19.9. The topological polar surface area (TPSA) is 92.8 Å². The first-order chi connectivity index (χ1) is 13.8. The van der Waals surface area contributed by atoms with Crippen LogP contribution in [0.5, 0.6) is 0 Å². The Kier molecular flexibility index (Phi) is 5.11. The summed E-state index contributed by atoms with van der Waals surface area (Å²) in [6, 6.07) is 4.02. The van der Waals surface area contributed by atoms with Crippen molar-refractivity contribution < 1.29 is 23.9 Å². The fraction of sp³-hybridized carbons (Fsp3) is 0.524. The zero-order chi connectivity index (χ0) is 20.9. The van der Waals surface area contributed by atoms with Crippen molar-refractivity contribution in [1.82, 2.24) is 4.90 Å². The summed E-state index contributed by atoms with van der Waals surface area (Å²) in [5, 5.41) is 3.11. The minimum absolute atomic E-state index is 0.252. The van der Waals surface area contributed by atoms with Crippen LogP contribution in [-0.2, 0) is 23.9 Å². The number of likely N-dealkylation sites (tertiary alicyclic amines) is 1. The average Bonchev–Trinajstić information content (AvgIpc) is 3.36. The molecule has 4 rings (SSSR count). The number of carbonyl (C=O) groups is 4. The fourth-order valence-electron chi connectivity index (χ4n) is 5.04. The second-order valence-electron chi connectivity index (χ2n) is 8.23. The van der Waals surface area contributed by atoms with Gasteiger partial charge in [0.05, 0.1) is 11.8 Å². The first-order valence-electron chi connectivity index (χ1n) is 9.87. The molecule has 5 atom stereocenters. The van der Waals surface area contributed by atoms with Crippen LogP contribution in [0.3, 0.4) is 0 Å². The molecule has 7 nitrogen and oxygen atoms in total. The van der Waals surface area contributed by atoms with Crippen LogP contribution in [-0.4, -0.2) is 41.2 Å². The van der Waals surface area contributed by atoms with Crippen molar-refractivity contribution >= 4 is 41.0 Å². The van der Waals surface area contributed by atoms with Gasteiger partial charge in [-0.25, -0.2) is 4.79 Å². The number of rotatable bonds is 5. The van der Waals surface area contributed by atoms with Gasteiger partial charge >= 0.3 is 5.97 Å². The number of fused-ring (bicyclic) bond motifs is 5. The molecule has 3 fully saturated rings. The zero-order valence-corrected chi connectivity index (χ0v) is 17.1. The Morgan fingerprint density at radius 2 is 1.83 bits per heavy atom. The Bertz CT molecular complexity index is 873. The number of ether oxygens (including phenoxy) is 1. The van der Waals surface area contributed by atoms with E-state index < -0.39 is 24.5 Å². The van der Waals surface area contributed by atoms with Crippen molar-refractivity contribution in [1.29, 1.82) is 0 Å². The predicted octanol–water partition coefficient (Wildman–Crippen LogP) is 2.55. The van der Waals surface area contributed by atoms with Crippen molar-refractivity contribution in [3.05, 3.63) is 28.8 Å². The van der Waals surface area contributed by atoms with E-state index in [0.29, 0.717) is 10.7 Å². The molecular formula is C21H23ClN2O5. The third-order valence-corrected chi connectivity index (χ3v) is 6.90. The van der Waals surface area contributed by atoms with Gasteiger partial charge in [-0.1, -0.05) is 17.7 Å². The lowest BCUT2D eigenvalue weighted by Gasteiger charge is -2.23. The second-order valence-corrected chi connectivity index (χ2v) is 8.63. The maximum absolute atomic E-state index is 12.8. The van der Waals surface area contributed by atoms with Gasteiger partial charge in [-0.15, -0.1) is 0 Å². The second kappa shape index (κ2) is 7.44. The van der Waals surface area contributed by atoms with E-state index >= 15 is 0 Å². The fourth-order valence-corrected chi connectivity index (χ4v) is 5.22. The number of halogens is 1. The highest BCUT2D eigenvalue weighted by Gasteiger charge is 2.62. The first-order valence-corrected chi connectivity index (χ1v) is 10.2. The molecule has 0 unspecified atom stereocenters. The van der Waals surface area contributed by atoms with Crippen LogP contribution in [0, 0.1) is 30.6 Å². The Labute approximate surface area is 173 Å². The standard InChI is InChI=1S/C21H23ClN2O5/c1-10-3-6-14(8-15(10)22)23-16(25)9-29-21(28)11(2)24-19(26)17-12-4-5-13(7-12)18(17)20(24)27/h3,6,8,11-13,17-18H,4-5,7,9H2,1-2H3,(H,23,25)/t11-,12+,13+,17-,18+/m0/s1. The van der Waals surface area contributed by atoms with Crippen LogP contribution in [0.1, 0.15) is 31.7 Å². The van der Waals surface area contributed by atoms with E-state index in [1.54, 1.807) is 18.2 Å². The molecule has 8 heteroatoms. The van der Waals surface area contributed by atoms with E-state index in [9.17, 15) is 19.2 Å². The van der Waals surface area contributed by atoms with Gasteiger partial charge in [0.15, 0.2) is 6.61 Å². The van der Waals surface area contributed by atoms with Gasteiger partial charge in [0, 0.05) is 10.7 Å². The number of carbonyl (C=O) groups excluding carboxylic acids is 4. The molecule has 1 aromatic rings. The molecule has 1 heterocycles. The summed E-state index contributed by atoms with van der Waals surface area (Å²) in [5.41, 5.74) is 1.37. The van der Waals surface area contributed by atoms with Gasteiger partial charge in [0.2, 0.25) is 11.8 Å². The number of amides is 3.